The fourth-order valence-corrected chi connectivity index (χ4v) is 3.92. The van der Waals surface area contributed by atoms with Crippen LogP contribution in [0.25, 0.3) is 0 Å². The third kappa shape index (κ3) is 2.25. The minimum atomic E-state index is -0.193. The molecule has 0 aliphatic heterocycles. The molecule has 108 valence electrons. The average molecular weight is 272 g/mol. The molecule has 2 bridgehead atoms. The van der Waals surface area contributed by atoms with E-state index in [9.17, 15) is 4.79 Å². The van der Waals surface area contributed by atoms with E-state index >= 15 is 0 Å². The number of hydrogen-bond donors (Lipinski definition) is 0. The van der Waals surface area contributed by atoms with E-state index < -0.39 is 0 Å². The largest absolute Gasteiger partial charge is 0.426 e. The Morgan fingerprint density at radius 3 is 2.10 bits per heavy atom. The van der Waals surface area contributed by atoms with E-state index in [4.69, 9.17) is 4.74 Å². The highest BCUT2D eigenvalue weighted by Crippen LogP contribution is 2.58. The van der Waals surface area contributed by atoms with Gasteiger partial charge in [0.15, 0.2) is 0 Å². The van der Waals surface area contributed by atoms with Crippen molar-refractivity contribution in [2.75, 3.05) is 0 Å². The van der Waals surface area contributed by atoms with Gasteiger partial charge in [-0.1, -0.05) is 31.0 Å². The van der Waals surface area contributed by atoms with Crippen LogP contribution in [0.2, 0.25) is 0 Å². The van der Waals surface area contributed by atoms with Crippen molar-refractivity contribution in [3.8, 4) is 5.75 Å². The number of carbonyl (C=O) groups is 1. The molecular weight excluding hydrogens is 248 g/mol. The molecule has 4 rings (SSSR count). The fraction of sp³-hybridized carbons (Fsp3) is 0.611. The zero-order chi connectivity index (χ0) is 14.2. The van der Waals surface area contributed by atoms with Crippen molar-refractivity contribution in [1.82, 2.24) is 0 Å². The summed E-state index contributed by atoms with van der Waals surface area (Å²) in [4.78, 5) is 12.6. The number of benzene rings is 1. The zero-order valence-corrected chi connectivity index (χ0v) is 12.6. The Balaban J connectivity index is 1.70. The second-order valence-electron chi connectivity index (χ2n) is 6.84. The van der Waals surface area contributed by atoms with Gasteiger partial charge in [0.05, 0.1) is 5.41 Å². The maximum Gasteiger partial charge on any atom is 0.317 e. The molecule has 0 heterocycles. The Kier molecular flexibility index (Phi) is 3.35. The number of aryl methyl sites for hydroxylation is 1. The van der Waals surface area contributed by atoms with Gasteiger partial charge >= 0.3 is 5.97 Å². The number of fused-ring (bicyclic) bond motifs is 3. The van der Waals surface area contributed by atoms with Gasteiger partial charge in [0.25, 0.3) is 0 Å². The number of carbonyl (C=O) groups excluding carboxylic acids is 1. The summed E-state index contributed by atoms with van der Waals surface area (Å²) < 4.78 is 5.66. The first-order chi connectivity index (χ1) is 9.57. The average Bonchev–Trinajstić information content (AvgIpc) is 2.51. The normalized spacial score (nSPS) is 32.1. The lowest BCUT2D eigenvalue weighted by Gasteiger charge is -2.51. The molecule has 0 N–H and O–H groups in total. The first kappa shape index (κ1) is 13.7. The number of hydrogen-bond acceptors (Lipinski definition) is 2. The topological polar surface area (TPSA) is 26.3 Å². The molecule has 3 aliphatic carbocycles. The molecule has 3 saturated carbocycles. The Bertz CT molecular complexity index is 476. The third-order valence-corrected chi connectivity index (χ3v) is 5.82. The van der Waals surface area contributed by atoms with Crippen LogP contribution in [0.15, 0.2) is 24.3 Å². The van der Waals surface area contributed by atoms with Gasteiger partial charge in [0.1, 0.15) is 5.75 Å². The van der Waals surface area contributed by atoms with E-state index in [1.54, 1.807) is 0 Å². The summed E-state index contributed by atoms with van der Waals surface area (Å²) in [6, 6.07) is 7.77. The summed E-state index contributed by atoms with van der Waals surface area (Å²) in [5, 5.41) is 0. The van der Waals surface area contributed by atoms with E-state index in [1.165, 1.54) is 31.2 Å². The van der Waals surface area contributed by atoms with Gasteiger partial charge in [-0.2, -0.15) is 0 Å². The Hall–Kier alpha value is -1.31. The molecule has 1 aromatic rings. The molecule has 0 aromatic heterocycles. The standard InChI is InChI=1S/C18H24O2/c1-3-17-8-11-18(12-9-17,13-10-17)16(19)20-15-6-4-14(2)5-7-15/h4-7H,3,8-13H2,1-2H3. The summed E-state index contributed by atoms with van der Waals surface area (Å²) in [5.41, 5.74) is 1.53. The molecule has 2 heteroatoms. The molecule has 2 nitrogen and oxygen atoms in total. The maximum atomic E-state index is 12.6. The minimum absolute atomic E-state index is 0.00533. The SMILES string of the molecule is CCC12CCC(C(=O)Oc3ccc(C)cc3)(CC1)CC2. The lowest BCUT2D eigenvalue weighted by atomic mass is 9.53. The minimum Gasteiger partial charge on any atom is -0.426 e. The smallest absolute Gasteiger partial charge is 0.317 e. The summed E-state index contributed by atoms with van der Waals surface area (Å²) in [6.45, 7) is 4.33. The first-order valence-corrected chi connectivity index (χ1v) is 7.87. The molecule has 0 unspecified atom stereocenters. The molecule has 0 amide bonds. The van der Waals surface area contributed by atoms with Crippen molar-refractivity contribution in [2.45, 2.75) is 58.8 Å². The van der Waals surface area contributed by atoms with Crippen molar-refractivity contribution in [2.24, 2.45) is 10.8 Å². The van der Waals surface area contributed by atoms with E-state index in [-0.39, 0.29) is 11.4 Å². The predicted molar refractivity (Wildman–Crippen MR) is 79.7 cm³/mol. The molecular formula is C18H24O2. The van der Waals surface area contributed by atoms with Crippen LogP contribution in [-0.4, -0.2) is 5.97 Å². The van der Waals surface area contributed by atoms with E-state index in [1.807, 2.05) is 31.2 Å². The van der Waals surface area contributed by atoms with Crippen LogP contribution in [0.1, 0.15) is 57.4 Å². The van der Waals surface area contributed by atoms with E-state index in [2.05, 4.69) is 6.92 Å². The van der Waals surface area contributed by atoms with E-state index in [0.717, 1.165) is 19.3 Å². The molecule has 0 saturated heterocycles. The summed E-state index contributed by atoms with van der Waals surface area (Å²) >= 11 is 0. The van der Waals surface area contributed by atoms with Gasteiger partial charge in [-0.3, -0.25) is 4.79 Å². The van der Waals surface area contributed by atoms with Crippen molar-refractivity contribution < 1.29 is 9.53 Å². The summed E-state index contributed by atoms with van der Waals surface area (Å²) in [6.07, 6.45) is 7.92. The highest BCUT2D eigenvalue weighted by molar-refractivity contribution is 5.79. The van der Waals surface area contributed by atoms with Crippen LogP contribution in [0.5, 0.6) is 5.75 Å². The van der Waals surface area contributed by atoms with Gasteiger partial charge in [0.2, 0.25) is 0 Å². The maximum absolute atomic E-state index is 12.6. The molecule has 0 spiro atoms. The molecule has 3 fully saturated rings. The number of rotatable bonds is 3. The number of ether oxygens (including phenoxy) is 1. The van der Waals surface area contributed by atoms with Gasteiger partial charge in [-0.25, -0.2) is 0 Å². The van der Waals surface area contributed by atoms with Crippen LogP contribution in [0, 0.1) is 17.8 Å². The predicted octanol–water partition coefficient (Wildman–Crippen LogP) is 4.65. The van der Waals surface area contributed by atoms with E-state index in [0.29, 0.717) is 11.2 Å². The van der Waals surface area contributed by atoms with Gasteiger partial charge < -0.3 is 4.74 Å². The summed E-state index contributed by atoms with van der Waals surface area (Å²) in [5.74, 6) is 0.693. The van der Waals surface area contributed by atoms with Gasteiger partial charge in [-0.05, 0) is 63.0 Å². The first-order valence-electron chi connectivity index (χ1n) is 7.87. The molecule has 0 atom stereocenters. The third-order valence-electron chi connectivity index (χ3n) is 5.82. The van der Waals surface area contributed by atoms with Crippen LogP contribution in [0.4, 0.5) is 0 Å². The Labute approximate surface area is 121 Å². The van der Waals surface area contributed by atoms with Crippen molar-refractivity contribution >= 4 is 5.97 Å². The molecule has 3 aliphatic rings. The number of esters is 1. The fourth-order valence-electron chi connectivity index (χ4n) is 3.92. The summed E-state index contributed by atoms with van der Waals surface area (Å²) in [7, 11) is 0. The van der Waals surface area contributed by atoms with Gasteiger partial charge in [0, 0.05) is 0 Å². The second-order valence-corrected chi connectivity index (χ2v) is 6.84. The molecule has 0 radical (unpaired) electrons. The molecule has 20 heavy (non-hydrogen) atoms. The van der Waals surface area contributed by atoms with Crippen LogP contribution in [-0.2, 0) is 4.79 Å². The molecule has 1 aromatic carbocycles. The highest BCUT2D eigenvalue weighted by atomic mass is 16.5. The van der Waals surface area contributed by atoms with Crippen LogP contribution in [0.3, 0.4) is 0 Å². The van der Waals surface area contributed by atoms with Gasteiger partial charge in [-0.15, -0.1) is 0 Å². The second kappa shape index (κ2) is 4.91. The zero-order valence-electron chi connectivity index (χ0n) is 12.6. The Morgan fingerprint density at radius 2 is 1.60 bits per heavy atom. The van der Waals surface area contributed by atoms with Crippen molar-refractivity contribution in [3.63, 3.8) is 0 Å². The van der Waals surface area contributed by atoms with Crippen molar-refractivity contribution in [3.05, 3.63) is 29.8 Å². The van der Waals surface area contributed by atoms with Crippen molar-refractivity contribution in [1.29, 1.82) is 0 Å². The Morgan fingerprint density at radius 1 is 1.05 bits per heavy atom. The lowest BCUT2D eigenvalue weighted by molar-refractivity contribution is -0.155. The highest BCUT2D eigenvalue weighted by Gasteiger charge is 2.52. The van der Waals surface area contributed by atoms with Crippen LogP contribution >= 0.6 is 0 Å². The quantitative estimate of drug-likeness (QED) is 0.591. The lowest BCUT2D eigenvalue weighted by Crippen LogP contribution is -2.47. The van der Waals surface area contributed by atoms with Crippen LogP contribution < -0.4 is 4.74 Å². The monoisotopic (exact) mass is 272 g/mol.